The molecule has 5 nitrogen and oxygen atoms in total. The number of amidine groups is 1. The molecule has 0 aliphatic heterocycles. The number of ether oxygens (including phenoxy) is 2. The van der Waals surface area contributed by atoms with Gasteiger partial charge in [-0.2, -0.15) is 0 Å². The van der Waals surface area contributed by atoms with E-state index in [9.17, 15) is 0 Å². The van der Waals surface area contributed by atoms with Crippen molar-refractivity contribution in [3.63, 3.8) is 0 Å². The van der Waals surface area contributed by atoms with Gasteiger partial charge in [-0.15, -0.1) is 0 Å². The second kappa shape index (κ2) is 7.08. The first kappa shape index (κ1) is 14.6. The zero-order chi connectivity index (χ0) is 13.5. The standard InChI is InChI=1S/C12H17ClN2O3/c1-3-17-7-8(2)18-9-4-5-10(11(13)6-9)12(14)15-16/h4-6,8,16H,3,7H2,1-2H3,(H2,14,15). The first-order valence-electron chi connectivity index (χ1n) is 5.60. The van der Waals surface area contributed by atoms with E-state index in [0.717, 1.165) is 0 Å². The average molecular weight is 273 g/mol. The van der Waals surface area contributed by atoms with Crippen molar-refractivity contribution in [3.05, 3.63) is 28.8 Å². The molecule has 0 fully saturated rings. The van der Waals surface area contributed by atoms with Gasteiger partial charge in [0.05, 0.1) is 11.6 Å². The van der Waals surface area contributed by atoms with Crippen LogP contribution in [0.4, 0.5) is 0 Å². The van der Waals surface area contributed by atoms with Gasteiger partial charge in [0.2, 0.25) is 0 Å². The summed E-state index contributed by atoms with van der Waals surface area (Å²) in [7, 11) is 0. The lowest BCUT2D eigenvalue weighted by atomic mass is 10.2. The summed E-state index contributed by atoms with van der Waals surface area (Å²) in [5.74, 6) is 0.579. The zero-order valence-corrected chi connectivity index (χ0v) is 11.1. The summed E-state index contributed by atoms with van der Waals surface area (Å²) in [5, 5.41) is 11.8. The van der Waals surface area contributed by atoms with Gasteiger partial charge >= 0.3 is 0 Å². The molecule has 100 valence electrons. The molecule has 1 aromatic rings. The number of benzene rings is 1. The van der Waals surface area contributed by atoms with Crippen molar-refractivity contribution in [1.29, 1.82) is 0 Å². The molecule has 6 heteroatoms. The van der Waals surface area contributed by atoms with E-state index in [0.29, 0.717) is 29.5 Å². The largest absolute Gasteiger partial charge is 0.488 e. The second-order valence-corrected chi connectivity index (χ2v) is 4.12. The van der Waals surface area contributed by atoms with Crippen molar-refractivity contribution >= 4 is 17.4 Å². The number of rotatable bonds is 6. The third kappa shape index (κ3) is 4.09. The molecule has 1 rings (SSSR count). The van der Waals surface area contributed by atoms with E-state index in [1.54, 1.807) is 18.2 Å². The summed E-state index contributed by atoms with van der Waals surface area (Å²) in [6, 6.07) is 4.97. The molecular weight excluding hydrogens is 256 g/mol. The van der Waals surface area contributed by atoms with Gasteiger partial charge in [0.15, 0.2) is 5.84 Å². The smallest absolute Gasteiger partial charge is 0.171 e. The van der Waals surface area contributed by atoms with Crippen molar-refractivity contribution in [3.8, 4) is 5.75 Å². The second-order valence-electron chi connectivity index (χ2n) is 3.71. The van der Waals surface area contributed by atoms with Gasteiger partial charge < -0.3 is 20.4 Å². The lowest BCUT2D eigenvalue weighted by Gasteiger charge is -2.15. The Kier molecular flexibility index (Phi) is 5.74. The van der Waals surface area contributed by atoms with Gasteiger partial charge in [-0.1, -0.05) is 16.8 Å². The predicted molar refractivity (Wildman–Crippen MR) is 70.5 cm³/mol. The number of nitrogens with zero attached hydrogens (tertiary/aromatic N) is 1. The van der Waals surface area contributed by atoms with Crippen molar-refractivity contribution in [2.75, 3.05) is 13.2 Å². The number of halogens is 1. The van der Waals surface area contributed by atoms with Crippen LogP contribution in [-0.4, -0.2) is 30.4 Å². The molecule has 0 spiro atoms. The van der Waals surface area contributed by atoms with Gasteiger partial charge in [0.1, 0.15) is 11.9 Å². The van der Waals surface area contributed by atoms with Crippen LogP contribution in [0.2, 0.25) is 5.02 Å². The number of hydrogen-bond donors (Lipinski definition) is 2. The minimum Gasteiger partial charge on any atom is -0.488 e. The third-order valence-electron chi connectivity index (χ3n) is 2.22. The fraction of sp³-hybridized carbons (Fsp3) is 0.417. The van der Waals surface area contributed by atoms with E-state index in [2.05, 4.69) is 5.16 Å². The van der Waals surface area contributed by atoms with Gasteiger partial charge in [0.25, 0.3) is 0 Å². The SMILES string of the molecule is CCOCC(C)Oc1ccc(/C(N)=N/O)c(Cl)c1. The summed E-state index contributed by atoms with van der Waals surface area (Å²) in [5.41, 5.74) is 5.93. The quantitative estimate of drug-likeness (QED) is 0.360. The molecule has 0 heterocycles. The molecule has 0 bridgehead atoms. The Balaban J connectivity index is 2.72. The van der Waals surface area contributed by atoms with Crippen LogP contribution in [0.25, 0.3) is 0 Å². The van der Waals surface area contributed by atoms with Crippen LogP contribution in [0.1, 0.15) is 19.4 Å². The minimum absolute atomic E-state index is 0.0334. The van der Waals surface area contributed by atoms with Crippen LogP contribution in [0.15, 0.2) is 23.4 Å². The molecule has 0 radical (unpaired) electrons. The van der Waals surface area contributed by atoms with E-state index >= 15 is 0 Å². The third-order valence-corrected chi connectivity index (χ3v) is 2.53. The first-order valence-corrected chi connectivity index (χ1v) is 5.98. The Hall–Kier alpha value is -1.46. The van der Waals surface area contributed by atoms with Crippen LogP contribution in [0.3, 0.4) is 0 Å². The van der Waals surface area contributed by atoms with Crippen LogP contribution in [0.5, 0.6) is 5.75 Å². The monoisotopic (exact) mass is 272 g/mol. The van der Waals surface area contributed by atoms with E-state index < -0.39 is 0 Å². The molecule has 1 unspecified atom stereocenters. The topological polar surface area (TPSA) is 77.1 Å². The molecule has 0 aromatic heterocycles. The maximum absolute atomic E-state index is 8.58. The van der Waals surface area contributed by atoms with E-state index in [4.69, 9.17) is 32.0 Å². The summed E-state index contributed by atoms with van der Waals surface area (Å²) >= 11 is 6.01. The summed E-state index contributed by atoms with van der Waals surface area (Å²) in [4.78, 5) is 0. The Morgan fingerprint density at radius 2 is 2.28 bits per heavy atom. The van der Waals surface area contributed by atoms with Crippen molar-refractivity contribution < 1.29 is 14.7 Å². The first-order chi connectivity index (χ1) is 8.58. The molecule has 1 atom stereocenters. The Morgan fingerprint density at radius 1 is 1.56 bits per heavy atom. The summed E-state index contributed by atoms with van der Waals surface area (Å²) < 4.78 is 10.9. The normalized spacial score (nSPS) is 13.4. The highest BCUT2D eigenvalue weighted by atomic mass is 35.5. The Bertz CT molecular complexity index is 424. The summed E-state index contributed by atoms with van der Waals surface area (Å²) in [6.07, 6.45) is -0.0734. The molecule has 0 aliphatic rings. The van der Waals surface area contributed by atoms with E-state index in [1.807, 2.05) is 13.8 Å². The van der Waals surface area contributed by atoms with Crippen LogP contribution < -0.4 is 10.5 Å². The predicted octanol–water partition coefficient (Wildman–Crippen LogP) is 2.24. The molecule has 18 heavy (non-hydrogen) atoms. The Labute approximate surface area is 111 Å². The van der Waals surface area contributed by atoms with Crippen molar-refractivity contribution in [2.45, 2.75) is 20.0 Å². The lowest BCUT2D eigenvalue weighted by Crippen LogP contribution is -2.19. The van der Waals surface area contributed by atoms with Gasteiger partial charge in [-0.25, -0.2) is 0 Å². The van der Waals surface area contributed by atoms with E-state index in [-0.39, 0.29) is 11.9 Å². The zero-order valence-electron chi connectivity index (χ0n) is 10.4. The summed E-state index contributed by atoms with van der Waals surface area (Å²) in [6.45, 7) is 4.99. The van der Waals surface area contributed by atoms with Crippen molar-refractivity contribution in [2.24, 2.45) is 10.9 Å². The van der Waals surface area contributed by atoms with E-state index in [1.165, 1.54) is 0 Å². The molecule has 0 saturated carbocycles. The average Bonchev–Trinajstić information content (AvgIpc) is 2.35. The van der Waals surface area contributed by atoms with Gasteiger partial charge in [-0.3, -0.25) is 0 Å². The lowest BCUT2D eigenvalue weighted by molar-refractivity contribution is 0.0657. The molecule has 3 N–H and O–H groups in total. The molecule has 0 amide bonds. The number of oxime groups is 1. The van der Waals surface area contributed by atoms with Crippen LogP contribution in [-0.2, 0) is 4.74 Å². The molecular formula is C12H17ClN2O3. The van der Waals surface area contributed by atoms with Crippen LogP contribution >= 0.6 is 11.6 Å². The number of hydrogen-bond acceptors (Lipinski definition) is 4. The highest BCUT2D eigenvalue weighted by molar-refractivity contribution is 6.34. The highest BCUT2D eigenvalue weighted by Gasteiger charge is 2.09. The Morgan fingerprint density at radius 3 is 2.83 bits per heavy atom. The van der Waals surface area contributed by atoms with Crippen molar-refractivity contribution in [1.82, 2.24) is 0 Å². The van der Waals surface area contributed by atoms with Gasteiger partial charge in [-0.05, 0) is 32.0 Å². The van der Waals surface area contributed by atoms with Gasteiger partial charge in [0, 0.05) is 12.2 Å². The molecule has 0 aliphatic carbocycles. The molecule has 0 saturated heterocycles. The molecule has 1 aromatic carbocycles. The maximum Gasteiger partial charge on any atom is 0.171 e. The fourth-order valence-corrected chi connectivity index (χ4v) is 1.65. The maximum atomic E-state index is 8.58. The minimum atomic E-state index is -0.0734. The fourth-order valence-electron chi connectivity index (χ4n) is 1.38. The highest BCUT2D eigenvalue weighted by Crippen LogP contribution is 2.23. The van der Waals surface area contributed by atoms with Crippen LogP contribution in [0, 0.1) is 0 Å². The number of nitrogens with two attached hydrogens (primary N) is 1.